The molecule has 0 heterocycles. The fourth-order valence-electron chi connectivity index (χ4n) is 3.38. The second-order valence-corrected chi connectivity index (χ2v) is 6.80. The Kier molecular flexibility index (Phi) is 5.76. The number of hydrogen-bond acceptors (Lipinski definition) is 3. The molecule has 3 unspecified atom stereocenters. The molecule has 0 aromatic heterocycles. The van der Waals surface area contributed by atoms with Crippen molar-refractivity contribution in [2.45, 2.75) is 51.6 Å². The third kappa shape index (κ3) is 4.04. The van der Waals surface area contributed by atoms with Crippen LogP contribution in [-0.4, -0.2) is 16.1 Å². The molecule has 0 saturated heterocycles. The van der Waals surface area contributed by atoms with E-state index < -0.39 is 0 Å². The molecule has 1 aliphatic carbocycles. The molecule has 4 nitrogen and oxygen atoms in total. The van der Waals surface area contributed by atoms with Crippen molar-refractivity contribution in [3.8, 4) is 0 Å². The monoisotopic (exact) mass is 355 g/mol. The van der Waals surface area contributed by atoms with Gasteiger partial charge in [-0.3, -0.25) is 10.1 Å². The standard InChI is InChI=1S/C16H22BrNO3/c1-2-4-11-7-8-15(19)13(9-11)10-12-5-3-6-14(16(12)17)18(20)21/h3,5-6,11,13,15,19H,2,4,7-10H2,1H3. The van der Waals surface area contributed by atoms with Gasteiger partial charge < -0.3 is 5.11 Å². The number of nitrogens with zero attached hydrogens (tertiary/aromatic N) is 1. The van der Waals surface area contributed by atoms with E-state index in [-0.39, 0.29) is 22.6 Å². The number of aliphatic hydroxyl groups is 1. The average molecular weight is 356 g/mol. The summed E-state index contributed by atoms with van der Waals surface area (Å²) in [6.07, 6.45) is 5.76. The van der Waals surface area contributed by atoms with E-state index in [1.54, 1.807) is 6.07 Å². The van der Waals surface area contributed by atoms with Crippen LogP contribution in [0.5, 0.6) is 0 Å². The molecule has 2 rings (SSSR count). The second-order valence-electron chi connectivity index (χ2n) is 6.01. The number of benzene rings is 1. The molecule has 21 heavy (non-hydrogen) atoms. The van der Waals surface area contributed by atoms with Crippen LogP contribution in [0.15, 0.2) is 22.7 Å². The minimum absolute atomic E-state index is 0.0999. The zero-order valence-corrected chi connectivity index (χ0v) is 13.9. The van der Waals surface area contributed by atoms with Gasteiger partial charge in [0.1, 0.15) is 0 Å². The molecule has 0 radical (unpaired) electrons. The molecule has 1 N–H and O–H groups in total. The molecular formula is C16H22BrNO3. The van der Waals surface area contributed by atoms with Crippen molar-refractivity contribution in [1.82, 2.24) is 0 Å². The molecule has 0 spiro atoms. The van der Waals surface area contributed by atoms with Crippen molar-refractivity contribution in [2.24, 2.45) is 11.8 Å². The summed E-state index contributed by atoms with van der Waals surface area (Å²) in [6.45, 7) is 2.19. The largest absolute Gasteiger partial charge is 0.393 e. The molecule has 5 heteroatoms. The van der Waals surface area contributed by atoms with Crippen LogP contribution in [0.2, 0.25) is 0 Å². The predicted octanol–water partition coefficient (Wildman–Crippen LogP) is 4.48. The summed E-state index contributed by atoms with van der Waals surface area (Å²) in [6, 6.07) is 5.13. The Morgan fingerprint density at radius 3 is 2.86 bits per heavy atom. The Hall–Kier alpha value is -0.940. The van der Waals surface area contributed by atoms with E-state index in [1.807, 2.05) is 6.07 Å². The first-order valence-electron chi connectivity index (χ1n) is 7.62. The lowest BCUT2D eigenvalue weighted by Gasteiger charge is -2.33. The predicted molar refractivity (Wildman–Crippen MR) is 86.2 cm³/mol. The van der Waals surface area contributed by atoms with Crippen LogP contribution in [0.3, 0.4) is 0 Å². The van der Waals surface area contributed by atoms with Crippen LogP contribution in [-0.2, 0) is 6.42 Å². The normalized spacial score (nSPS) is 25.8. The zero-order chi connectivity index (χ0) is 15.4. The fourth-order valence-corrected chi connectivity index (χ4v) is 3.95. The lowest BCUT2D eigenvalue weighted by molar-refractivity contribution is -0.385. The van der Waals surface area contributed by atoms with Crippen molar-refractivity contribution in [1.29, 1.82) is 0 Å². The molecule has 1 saturated carbocycles. The highest BCUT2D eigenvalue weighted by Gasteiger charge is 2.30. The van der Waals surface area contributed by atoms with Crippen molar-refractivity contribution < 1.29 is 10.0 Å². The summed E-state index contributed by atoms with van der Waals surface area (Å²) in [5, 5.41) is 21.2. The molecule has 0 bridgehead atoms. The molecule has 1 aromatic carbocycles. The number of halogens is 1. The molecule has 1 aromatic rings. The summed E-state index contributed by atoms with van der Waals surface area (Å²) < 4.78 is 0.555. The minimum atomic E-state index is -0.370. The van der Waals surface area contributed by atoms with Crippen molar-refractivity contribution in [2.75, 3.05) is 0 Å². The first-order chi connectivity index (χ1) is 10.0. The van der Waals surface area contributed by atoms with Crippen LogP contribution in [0.25, 0.3) is 0 Å². The van der Waals surface area contributed by atoms with Gasteiger partial charge in [-0.2, -0.15) is 0 Å². The lowest BCUT2D eigenvalue weighted by atomic mass is 9.75. The Balaban J connectivity index is 2.13. The van der Waals surface area contributed by atoms with E-state index >= 15 is 0 Å². The average Bonchev–Trinajstić information content (AvgIpc) is 2.44. The Bertz CT molecular complexity index is 506. The Morgan fingerprint density at radius 2 is 2.19 bits per heavy atom. The number of rotatable bonds is 5. The number of nitro benzene ring substituents is 1. The van der Waals surface area contributed by atoms with Crippen LogP contribution < -0.4 is 0 Å². The SMILES string of the molecule is CCCC1CCC(O)C(Cc2cccc([N+](=O)[O-])c2Br)C1. The van der Waals surface area contributed by atoms with E-state index in [0.29, 0.717) is 16.8 Å². The molecular weight excluding hydrogens is 334 g/mol. The van der Waals surface area contributed by atoms with Crippen LogP contribution in [0, 0.1) is 22.0 Å². The maximum absolute atomic E-state index is 11.0. The van der Waals surface area contributed by atoms with E-state index in [4.69, 9.17) is 0 Å². The first-order valence-corrected chi connectivity index (χ1v) is 8.42. The van der Waals surface area contributed by atoms with E-state index in [1.165, 1.54) is 18.9 Å². The minimum Gasteiger partial charge on any atom is -0.393 e. The molecule has 0 aliphatic heterocycles. The Labute approximate surface area is 133 Å². The number of hydrogen-bond donors (Lipinski definition) is 1. The molecule has 1 fully saturated rings. The smallest absolute Gasteiger partial charge is 0.283 e. The summed E-state index contributed by atoms with van der Waals surface area (Å²) >= 11 is 3.35. The van der Waals surface area contributed by atoms with Gasteiger partial charge in [-0.1, -0.05) is 31.9 Å². The Morgan fingerprint density at radius 1 is 1.43 bits per heavy atom. The van der Waals surface area contributed by atoms with Crippen molar-refractivity contribution in [3.63, 3.8) is 0 Å². The second kappa shape index (κ2) is 7.36. The third-order valence-electron chi connectivity index (χ3n) is 4.48. The van der Waals surface area contributed by atoms with Crippen LogP contribution in [0.4, 0.5) is 5.69 Å². The quantitative estimate of drug-likeness (QED) is 0.625. The van der Waals surface area contributed by atoms with Gasteiger partial charge in [0.2, 0.25) is 0 Å². The third-order valence-corrected chi connectivity index (χ3v) is 5.40. The lowest BCUT2D eigenvalue weighted by Crippen LogP contribution is -2.30. The molecule has 3 atom stereocenters. The van der Waals surface area contributed by atoms with Gasteiger partial charge in [-0.05, 0) is 59.0 Å². The number of aliphatic hydroxyl groups excluding tert-OH is 1. The number of nitro groups is 1. The molecule has 1 aliphatic rings. The topological polar surface area (TPSA) is 63.4 Å². The molecule has 116 valence electrons. The van der Waals surface area contributed by atoms with E-state index in [2.05, 4.69) is 22.9 Å². The summed E-state index contributed by atoms with van der Waals surface area (Å²) in [5.74, 6) is 0.884. The van der Waals surface area contributed by atoms with Crippen molar-refractivity contribution >= 4 is 21.6 Å². The fraction of sp³-hybridized carbons (Fsp3) is 0.625. The summed E-state index contributed by atoms with van der Waals surface area (Å²) in [4.78, 5) is 10.6. The van der Waals surface area contributed by atoms with Gasteiger partial charge in [-0.15, -0.1) is 0 Å². The van der Waals surface area contributed by atoms with Gasteiger partial charge in [0.15, 0.2) is 0 Å². The van der Waals surface area contributed by atoms with E-state index in [9.17, 15) is 15.2 Å². The van der Waals surface area contributed by atoms with Crippen LogP contribution >= 0.6 is 15.9 Å². The summed E-state index contributed by atoms with van der Waals surface area (Å²) in [7, 11) is 0. The highest BCUT2D eigenvalue weighted by atomic mass is 79.9. The maximum atomic E-state index is 11.0. The molecule has 0 amide bonds. The van der Waals surface area contributed by atoms with Gasteiger partial charge >= 0.3 is 0 Å². The van der Waals surface area contributed by atoms with Gasteiger partial charge in [-0.25, -0.2) is 0 Å². The highest BCUT2D eigenvalue weighted by Crippen LogP contribution is 2.37. The van der Waals surface area contributed by atoms with Gasteiger partial charge in [0.25, 0.3) is 5.69 Å². The van der Waals surface area contributed by atoms with Crippen molar-refractivity contribution in [3.05, 3.63) is 38.3 Å². The van der Waals surface area contributed by atoms with Crippen LogP contribution in [0.1, 0.15) is 44.6 Å². The van der Waals surface area contributed by atoms with Gasteiger partial charge in [0, 0.05) is 6.07 Å². The maximum Gasteiger partial charge on any atom is 0.283 e. The summed E-state index contributed by atoms with van der Waals surface area (Å²) in [5.41, 5.74) is 1.02. The highest BCUT2D eigenvalue weighted by molar-refractivity contribution is 9.10. The van der Waals surface area contributed by atoms with Gasteiger partial charge in [0.05, 0.1) is 15.5 Å². The first kappa shape index (κ1) is 16.4. The van der Waals surface area contributed by atoms with E-state index in [0.717, 1.165) is 24.8 Å². The zero-order valence-electron chi connectivity index (χ0n) is 12.3.